The number of carbonyl (C=O) groups is 1. The van der Waals surface area contributed by atoms with Crippen LogP contribution < -0.4 is 4.72 Å². The summed E-state index contributed by atoms with van der Waals surface area (Å²) < 4.78 is 36.3. The average Bonchev–Trinajstić information content (AvgIpc) is 2.81. The van der Waals surface area contributed by atoms with E-state index in [0.29, 0.717) is 19.6 Å². The third kappa shape index (κ3) is 5.77. The van der Waals surface area contributed by atoms with Crippen LogP contribution in [-0.4, -0.2) is 39.3 Å². The fraction of sp³-hybridized carbons (Fsp3) is 0.583. The molecule has 21 heavy (non-hydrogen) atoms. The number of ether oxygens (including phenoxy) is 1. The van der Waals surface area contributed by atoms with Gasteiger partial charge in [0.05, 0.1) is 0 Å². The molecule has 1 aromatic rings. The molecule has 0 unspecified atom stereocenters. The molecule has 0 spiro atoms. The molecular formula is C12H18BrNO6S. The zero-order chi connectivity index (χ0) is 15.9. The van der Waals surface area contributed by atoms with Gasteiger partial charge in [-0.3, -0.25) is 0 Å². The number of hydrogen-bond acceptors (Lipinski definition) is 5. The van der Waals surface area contributed by atoms with E-state index in [4.69, 9.17) is 14.3 Å². The molecule has 2 N–H and O–H groups in total. The van der Waals surface area contributed by atoms with Crippen LogP contribution in [0.25, 0.3) is 0 Å². The Morgan fingerprint density at radius 2 is 2.10 bits per heavy atom. The van der Waals surface area contributed by atoms with Gasteiger partial charge in [-0.25, -0.2) is 17.9 Å². The molecule has 0 aliphatic rings. The lowest BCUT2D eigenvalue weighted by atomic mass is 10.4. The number of carboxylic acid groups (broad SMARTS) is 1. The van der Waals surface area contributed by atoms with Crippen LogP contribution in [0.2, 0.25) is 0 Å². The number of hydrogen-bond donors (Lipinski definition) is 2. The number of halogens is 1. The zero-order valence-electron chi connectivity index (χ0n) is 11.6. The van der Waals surface area contributed by atoms with Crippen molar-refractivity contribution < 1.29 is 27.5 Å². The number of furan rings is 1. The summed E-state index contributed by atoms with van der Waals surface area (Å²) in [5.74, 6) is -1.77. The van der Waals surface area contributed by atoms with Crippen LogP contribution in [0.15, 0.2) is 20.0 Å². The summed E-state index contributed by atoms with van der Waals surface area (Å²) in [4.78, 5) is 10.5. The second-order valence-corrected chi connectivity index (χ2v) is 6.73. The number of unbranched alkanes of at least 4 members (excludes halogenated alkanes) is 1. The van der Waals surface area contributed by atoms with Crippen molar-refractivity contribution >= 4 is 31.9 Å². The Balaban J connectivity index is 2.48. The monoisotopic (exact) mass is 383 g/mol. The van der Waals surface area contributed by atoms with Gasteiger partial charge in [-0.2, -0.15) is 0 Å². The van der Waals surface area contributed by atoms with Gasteiger partial charge in [0, 0.05) is 25.8 Å². The lowest BCUT2D eigenvalue weighted by Gasteiger charge is -2.05. The number of nitrogens with one attached hydrogen (secondary N) is 1. The highest BCUT2D eigenvalue weighted by Gasteiger charge is 2.24. The molecule has 0 saturated carbocycles. The summed E-state index contributed by atoms with van der Waals surface area (Å²) in [7, 11) is -3.81. The first kappa shape index (κ1) is 18.1. The van der Waals surface area contributed by atoms with Crippen molar-refractivity contribution in [1.29, 1.82) is 0 Å². The van der Waals surface area contributed by atoms with E-state index < -0.39 is 21.8 Å². The van der Waals surface area contributed by atoms with Gasteiger partial charge in [0.15, 0.2) is 4.67 Å². The molecule has 0 saturated heterocycles. The minimum Gasteiger partial charge on any atom is -0.475 e. The topological polar surface area (TPSA) is 106 Å². The summed E-state index contributed by atoms with van der Waals surface area (Å²) in [5.41, 5.74) is 0. The van der Waals surface area contributed by atoms with Crippen LogP contribution in [0.4, 0.5) is 0 Å². The molecule has 1 rings (SSSR count). The number of carboxylic acids is 1. The van der Waals surface area contributed by atoms with Crippen LogP contribution >= 0.6 is 15.9 Å². The van der Waals surface area contributed by atoms with Gasteiger partial charge in [0.1, 0.15) is 4.90 Å². The molecule has 0 aliphatic heterocycles. The second kappa shape index (κ2) is 8.52. The minimum atomic E-state index is -3.81. The predicted molar refractivity (Wildman–Crippen MR) is 78.9 cm³/mol. The Morgan fingerprint density at radius 1 is 1.43 bits per heavy atom. The Hall–Kier alpha value is -0.900. The van der Waals surface area contributed by atoms with Crippen LogP contribution in [0, 0.1) is 0 Å². The van der Waals surface area contributed by atoms with Gasteiger partial charge in [0.2, 0.25) is 15.8 Å². The molecule has 9 heteroatoms. The highest BCUT2D eigenvalue weighted by molar-refractivity contribution is 9.10. The molecule has 120 valence electrons. The van der Waals surface area contributed by atoms with Crippen LogP contribution in [0.1, 0.15) is 36.7 Å². The number of aromatic carboxylic acids is 1. The molecule has 0 atom stereocenters. The molecule has 0 radical (unpaired) electrons. The lowest BCUT2D eigenvalue weighted by molar-refractivity contribution is 0.0661. The van der Waals surface area contributed by atoms with E-state index in [9.17, 15) is 13.2 Å². The summed E-state index contributed by atoms with van der Waals surface area (Å²) in [6, 6.07) is 0.965. The highest BCUT2D eigenvalue weighted by Crippen LogP contribution is 2.25. The third-order valence-electron chi connectivity index (χ3n) is 2.56. The molecule has 0 fully saturated rings. The van der Waals surface area contributed by atoms with E-state index in [0.717, 1.165) is 18.9 Å². The van der Waals surface area contributed by atoms with Crippen molar-refractivity contribution in [2.45, 2.75) is 31.1 Å². The lowest BCUT2D eigenvalue weighted by Crippen LogP contribution is -2.25. The van der Waals surface area contributed by atoms with Gasteiger partial charge < -0.3 is 14.3 Å². The number of rotatable bonds is 10. The summed E-state index contributed by atoms with van der Waals surface area (Å²) in [6.45, 7) is 3.40. The molecule has 0 amide bonds. The van der Waals surface area contributed by atoms with Gasteiger partial charge in [-0.05, 0) is 28.8 Å². The van der Waals surface area contributed by atoms with Crippen LogP contribution in [-0.2, 0) is 14.8 Å². The van der Waals surface area contributed by atoms with Crippen molar-refractivity contribution in [3.8, 4) is 0 Å². The predicted octanol–water partition coefficient (Wildman–Crippen LogP) is 2.23. The molecule has 1 aromatic heterocycles. The fourth-order valence-corrected chi connectivity index (χ4v) is 3.46. The first-order valence-electron chi connectivity index (χ1n) is 6.48. The molecule has 0 aliphatic carbocycles. The Morgan fingerprint density at radius 3 is 2.67 bits per heavy atom. The molecule has 0 aromatic carbocycles. The van der Waals surface area contributed by atoms with Crippen molar-refractivity contribution in [1.82, 2.24) is 4.72 Å². The van der Waals surface area contributed by atoms with Crippen LogP contribution in [0.3, 0.4) is 0 Å². The van der Waals surface area contributed by atoms with E-state index in [2.05, 4.69) is 27.6 Å². The Bertz CT molecular complexity index is 568. The summed E-state index contributed by atoms with van der Waals surface area (Å²) in [5, 5.41) is 8.76. The molecule has 0 bridgehead atoms. The fourth-order valence-electron chi connectivity index (χ4n) is 1.45. The largest absolute Gasteiger partial charge is 0.475 e. The average molecular weight is 384 g/mol. The maximum absolute atomic E-state index is 12.0. The maximum atomic E-state index is 12.0. The smallest absolute Gasteiger partial charge is 0.371 e. The Labute approximate surface area is 131 Å². The van der Waals surface area contributed by atoms with E-state index in [1.165, 1.54) is 0 Å². The van der Waals surface area contributed by atoms with Gasteiger partial charge >= 0.3 is 5.97 Å². The first-order chi connectivity index (χ1) is 9.88. The quantitative estimate of drug-likeness (QED) is 0.600. The SMILES string of the molecule is CCCCOCCCNS(=O)(=O)c1cc(C(=O)O)oc1Br. The summed E-state index contributed by atoms with van der Waals surface area (Å²) >= 11 is 2.90. The van der Waals surface area contributed by atoms with E-state index in [1.807, 2.05) is 0 Å². The normalized spacial score (nSPS) is 11.7. The van der Waals surface area contributed by atoms with Crippen molar-refractivity contribution in [2.75, 3.05) is 19.8 Å². The minimum absolute atomic E-state index is 0.133. The molecular weight excluding hydrogens is 366 g/mol. The highest BCUT2D eigenvalue weighted by atomic mass is 79.9. The van der Waals surface area contributed by atoms with E-state index in [1.54, 1.807) is 0 Å². The van der Waals surface area contributed by atoms with Crippen molar-refractivity contribution in [2.24, 2.45) is 0 Å². The molecule has 7 nitrogen and oxygen atoms in total. The first-order valence-corrected chi connectivity index (χ1v) is 8.76. The van der Waals surface area contributed by atoms with Gasteiger partial charge in [-0.1, -0.05) is 13.3 Å². The third-order valence-corrected chi connectivity index (χ3v) is 4.87. The standard InChI is InChI=1S/C12H18BrNO6S/c1-2-3-6-19-7-4-5-14-21(17,18)10-8-9(12(15)16)20-11(10)13/h8,14H,2-7H2,1H3,(H,15,16). The van der Waals surface area contributed by atoms with Crippen molar-refractivity contribution in [3.05, 3.63) is 16.5 Å². The van der Waals surface area contributed by atoms with Crippen LogP contribution in [0.5, 0.6) is 0 Å². The maximum Gasteiger partial charge on any atom is 0.371 e. The second-order valence-electron chi connectivity index (χ2n) is 4.27. The summed E-state index contributed by atoms with van der Waals surface area (Å²) in [6.07, 6.45) is 2.56. The van der Waals surface area contributed by atoms with Gasteiger partial charge in [-0.15, -0.1) is 0 Å². The Kier molecular flexibility index (Phi) is 7.36. The zero-order valence-corrected chi connectivity index (χ0v) is 14.0. The number of sulfonamides is 1. The van der Waals surface area contributed by atoms with Crippen molar-refractivity contribution in [3.63, 3.8) is 0 Å². The van der Waals surface area contributed by atoms with E-state index in [-0.39, 0.29) is 16.1 Å². The molecule has 1 heterocycles. The van der Waals surface area contributed by atoms with Gasteiger partial charge in [0.25, 0.3) is 0 Å². The van der Waals surface area contributed by atoms with E-state index >= 15 is 0 Å².